The molecule has 0 spiro atoms. The molecule has 1 heterocycles. The van der Waals surface area contributed by atoms with Crippen molar-refractivity contribution in [2.75, 3.05) is 32.7 Å². The van der Waals surface area contributed by atoms with Crippen LogP contribution in [0, 0.1) is 5.41 Å². The highest BCUT2D eigenvalue weighted by molar-refractivity contribution is 6.02. The average Bonchev–Trinajstić information content (AvgIpc) is 2.72. The van der Waals surface area contributed by atoms with Crippen LogP contribution < -0.4 is 21.7 Å². The van der Waals surface area contributed by atoms with Crippen molar-refractivity contribution < 1.29 is 4.79 Å². The van der Waals surface area contributed by atoms with E-state index in [0.717, 1.165) is 44.3 Å². The summed E-state index contributed by atoms with van der Waals surface area (Å²) in [5.41, 5.74) is 6.89. The van der Waals surface area contributed by atoms with Crippen LogP contribution in [0.5, 0.6) is 0 Å². The fourth-order valence-electron chi connectivity index (χ4n) is 3.51. The molecule has 0 aromatic rings. The number of rotatable bonds is 2. The number of nitrogens with one attached hydrogen (secondary N) is 4. The number of hydrogen-bond donors (Lipinski definition) is 5. The van der Waals surface area contributed by atoms with Gasteiger partial charge in [-0.15, -0.1) is 0 Å². The molecule has 0 aromatic carbocycles. The fraction of sp³-hybridized carbons (Fsp3) is 0.783. The molecule has 8 nitrogen and oxygen atoms in total. The molecular weight excluding hydrogens is 390 g/mol. The molecule has 0 saturated carbocycles. The van der Waals surface area contributed by atoms with Gasteiger partial charge >= 0.3 is 6.03 Å². The molecule has 8 heteroatoms. The topological polar surface area (TPSA) is 119 Å². The Morgan fingerprint density at radius 3 is 2.06 bits per heavy atom. The van der Waals surface area contributed by atoms with Crippen molar-refractivity contribution in [1.82, 2.24) is 20.9 Å². The molecule has 0 aliphatic carbocycles. The van der Waals surface area contributed by atoms with E-state index in [1.807, 2.05) is 6.92 Å². The van der Waals surface area contributed by atoms with Crippen molar-refractivity contribution in [3.05, 3.63) is 12.2 Å². The second kappa shape index (κ2) is 17.6. The van der Waals surface area contributed by atoms with E-state index in [-0.39, 0.29) is 18.5 Å². The lowest BCUT2D eigenvalue weighted by Gasteiger charge is -2.22. The van der Waals surface area contributed by atoms with E-state index < -0.39 is 6.03 Å². The normalized spacial score (nSPS) is 20.7. The summed E-state index contributed by atoms with van der Waals surface area (Å²) in [5, 5.41) is 17.1. The number of carbonyl (C=O) groups is 1. The lowest BCUT2D eigenvalue weighted by atomic mass is 10.1. The summed E-state index contributed by atoms with van der Waals surface area (Å²) in [5.74, 6) is 0.166. The first-order valence-corrected chi connectivity index (χ1v) is 12.1. The first-order valence-electron chi connectivity index (χ1n) is 12.1. The summed E-state index contributed by atoms with van der Waals surface area (Å²) in [4.78, 5) is 18.3. The van der Waals surface area contributed by atoms with Crippen molar-refractivity contribution in [2.45, 2.75) is 84.0 Å². The number of nitrogens with zero attached hydrogens (tertiary/aromatic N) is 2. The average molecular weight is 436 g/mol. The third-order valence-electron chi connectivity index (χ3n) is 5.30. The molecule has 0 atom stereocenters. The standard InChI is InChI=1S/C23H45N7O/c1-20(2)19-30-22(25)28-18-14-10-6-4-8-12-16-26-15-11-7-3-5-9-13-17-27-21(24)29-23(30)31/h26H,1,3-19H2,2H3,(H2,25,28)(H3,24,27,29,31). The van der Waals surface area contributed by atoms with E-state index in [1.165, 1.54) is 56.3 Å². The number of guanidine groups is 2. The molecule has 0 radical (unpaired) electrons. The van der Waals surface area contributed by atoms with Gasteiger partial charge in [-0.05, 0) is 45.7 Å². The first-order chi connectivity index (χ1) is 15.0. The number of amides is 2. The maximum atomic E-state index is 12.6. The first kappa shape index (κ1) is 26.9. The monoisotopic (exact) mass is 435 g/mol. The van der Waals surface area contributed by atoms with Gasteiger partial charge < -0.3 is 16.4 Å². The van der Waals surface area contributed by atoms with Crippen LogP contribution in [0.3, 0.4) is 0 Å². The molecule has 1 rings (SSSR count). The van der Waals surface area contributed by atoms with E-state index in [1.54, 1.807) is 0 Å². The molecule has 0 bridgehead atoms. The van der Waals surface area contributed by atoms with E-state index in [2.05, 4.69) is 27.5 Å². The molecule has 0 saturated heterocycles. The Morgan fingerprint density at radius 2 is 1.48 bits per heavy atom. The van der Waals surface area contributed by atoms with Gasteiger partial charge in [0.25, 0.3) is 0 Å². The van der Waals surface area contributed by atoms with E-state index in [0.29, 0.717) is 13.1 Å². The quantitative estimate of drug-likeness (QED) is 0.425. The summed E-state index contributed by atoms with van der Waals surface area (Å²) in [6.45, 7) is 9.51. The van der Waals surface area contributed by atoms with Gasteiger partial charge in [0.2, 0.25) is 0 Å². The molecule has 178 valence electrons. The van der Waals surface area contributed by atoms with Crippen LogP contribution >= 0.6 is 0 Å². The summed E-state index contributed by atoms with van der Waals surface area (Å²) in [6.07, 6.45) is 14.1. The highest BCUT2D eigenvalue weighted by Crippen LogP contribution is 2.07. The molecule has 1 aliphatic rings. The predicted molar refractivity (Wildman–Crippen MR) is 131 cm³/mol. The minimum atomic E-state index is -0.454. The second-order valence-electron chi connectivity index (χ2n) is 8.51. The Bertz CT molecular complexity index is 562. The van der Waals surface area contributed by atoms with Crippen LogP contribution in [0.4, 0.5) is 4.79 Å². The summed E-state index contributed by atoms with van der Waals surface area (Å²) in [6, 6.07) is -0.454. The zero-order valence-corrected chi connectivity index (χ0v) is 19.6. The zero-order valence-electron chi connectivity index (χ0n) is 19.6. The van der Waals surface area contributed by atoms with Gasteiger partial charge in [-0.1, -0.05) is 63.5 Å². The predicted octanol–water partition coefficient (Wildman–Crippen LogP) is 3.70. The largest absolute Gasteiger partial charge is 0.369 e. The van der Waals surface area contributed by atoms with Crippen LogP contribution in [0.2, 0.25) is 0 Å². The molecule has 0 aromatic heterocycles. The van der Waals surface area contributed by atoms with Gasteiger partial charge in [-0.3, -0.25) is 20.6 Å². The minimum Gasteiger partial charge on any atom is -0.369 e. The van der Waals surface area contributed by atoms with Gasteiger partial charge in [0, 0.05) is 13.1 Å². The molecule has 31 heavy (non-hydrogen) atoms. The Morgan fingerprint density at radius 1 is 0.968 bits per heavy atom. The van der Waals surface area contributed by atoms with Gasteiger partial charge in [-0.2, -0.15) is 0 Å². The number of nitrogens with two attached hydrogens (primary N) is 1. The zero-order chi connectivity index (χ0) is 22.7. The molecule has 2 amide bonds. The van der Waals surface area contributed by atoms with Crippen molar-refractivity contribution in [1.29, 1.82) is 5.41 Å². The Hall–Kier alpha value is -2.09. The maximum Gasteiger partial charge on any atom is 0.331 e. The van der Waals surface area contributed by atoms with Crippen LogP contribution in [-0.2, 0) is 0 Å². The van der Waals surface area contributed by atoms with E-state index in [4.69, 9.17) is 11.1 Å². The molecular formula is C23H45N7O. The Balaban J connectivity index is 2.57. The van der Waals surface area contributed by atoms with Gasteiger partial charge in [0.1, 0.15) is 0 Å². The number of urea groups is 1. The highest BCUT2D eigenvalue weighted by Gasteiger charge is 2.18. The third kappa shape index (κ3) is 14.5. The number of hydrogen-bond acceptors (Lipinski definition) is 5. The molecule has 1 aliphatic heterocycles. The van der Waals surface area contributed by atoms with Crippen LogP contribution in [0.25, 0.3) is 0 Å². The third-order valence-corrected chi connectivity index (χ3v) is 5.30. The van der Waals surface area contributed by atoms with Crippen molar-refractivity contribution in [2.24, 2.45) is 10.7 Å². The fourth-order valence-corrected chi connectivity index (χ4v) is 3.51. The maximum absolute atomic E-state index is 12.6. The van der Waals surface area contributed by atoms with Crippen molar-refractivity contribution in [3.63, 3.8) is 0 Å². The Labute approximate surface area is 189 Å². The second-order valence-corrected chi connectivity index (χ2v) is 8.51. The summed E-state index contributed by atoms with van der Waals surface area (Å²) < 4.78 is 0. The van der Waals surface area contributed by atoms with Gasteiger partial charge in [0.05, 0.1) is 6.54 Å². The summed E-state index contributed by atoms with van der Waals surface area (Å²) in [7, 11) is 0. The summed E-state index contributed by atoms with van der Waals surface area (Å²) >= 11 is 0. The lowest BCUT2D eigenvalue weighted by Crippen LogP contribution is -2.52. The van der Waals surface area contributed by atoms with Crippen LogP contribution in [0.1, 0.15) is 84.0 Å². The smallest absolute Gasteiger partial charge is 0.331 e. The highest BCUT2D eigenvalue weighted by atomic mass is 16.2. The Kier molecular flexibility index (Phi) is 15.3. The number of carbonyl (C=O) groups excluding carboxylic acids is 1. The molecule has 6 N–H and O–H groups in total. The van der Waals surface area contributed by atoms with E-state index in [9.17, 15) is 4.79 Å². The van der Waals surface area contributed by atoms with Crippen LogP contribution in [0.15, 0.2) is 17.1 Å². The SMILES string of the molecule is C=C(C)CN1C(=O)NC(=N)NCCCCCCCCNCCCCCCCCN=C1N. The van der Waals surface area contributed by atoms with Crippen molar-refractivity contribution >= 4 is 18.0 Å². The molecule has 0 fully saturated rings. The molecule has 0 unspecified atom stereocenters. The number of aliphatic imine (C=N–C) groups is 1. The van der Waals surface area contributed by atoms with E-state index >= 15 is 0 Å². The lowest BCUT2D eigenvalue weighted by molar-refractivity contribution is 0.227. The minimum absolute atomic E-state index is 0.00922. The van der Waals surface area contributed by atoms with Gasteiger partial charge in [-0.25, -0.2) is 4.79 Å². The van der Waals surface area contributed by atoms with Gasteiger partial charge in [0.15, 0.2) is 11.9 Å². The van der Waals surface area contributed by atoms with Crippen molar-refractivity contribution in [3.8, 4) is 0 Å². The van der Waals surface area contributed by atoms with Crippen LogP contribution in [-0.4, -0.2) is 55.6 Å².